The Bertz CT molecular complexity index is 3210. The van der Waals surface area contributed by atoms with Crippen LogP contribution < -0.4 is 0 Å². The number of nitrogens with zero attached hydrogens (tertiary/aromatic N) is 3. The molecule has 0 N–H and O–H groups in total. The van der Waals surface area contributed by atoms with Gasteiger partial charge in [0.1, 0.15) is 0 Å². The highest BCUT2D eigenvalue weighted by Gasteiger charge is 2.21. The molecule has 53 heavy (non-hydrogen) atoms. The van der Waals surface area contributed by atoms with Crippen molar-refractivity contribution in [2.75, 3.05) is 0 Å². The number of fused-ring (bicyclic) bond motifs is 9. The second kappa shape index (κ2) is 11.7. The summed E-state index contributed by atoms with van der Waals surface area (Å²) in [5, 5.41) is 9.86. The van der Waals surface area contributed by atoms with Crippen LogP contribution in [0.4, 0.5) is 0 Å². The molecule has 3 heteroatoms. The molecule has 2 aromatic heterocycles. The predicted molar refractivity (Wildman–Crippen MR) is 223 cm³/mol. The summed E-state index contributed by atoms with van der Waals surface area (Å²) in [6, 6.07) is 67.3. The largest absolute Gasteiger partial charge is 0.309 e. The molecule has 0 aliphatic rings. The van der Waals surface area contributed by atoms with Gasteiger partial charge in [0.05, 0.1) is 33.5 Å². The van der Waals surface area contributed by atoms with Gasteiger partial charge in [0.25, 0.3) is 0 Å². The van der Waals surface area contributed by atoms with Crippen LogP contribution in [-0.2, 0) is 0 Å². The monoisotopic (exact) mass is 673 g/mol. The van der Waals surface area contributed by atoms with Crippen molar-refractivity contribution in [3.63, 3.8) is 0 Å². The van der Waals surface area contributed by atoms with E-state index in [0.29, 0.717) is 0 Å². The summed E-state index contributed by atoms with van der Waals surface area (Å²) in [6.07, 6.45) is 0. The lowest BCUT2D eigenvalue weighted by Gasteiger charge is -2.15. The lowest BCUT2D eigenvalue weighted by atomic mass is 9.94. The molecule has 2 heterocycles. The highest BCUT2D eigenvalue weighted by Crippen LogP contribution is 2.44. The maximum absolute atomic E-state index is 5.25. The molecule has 0 aliphatic heterocycles. The second-order valence-corrected chi connectivity index (χ2v) is 13.7. The normalized spacial score (nSPS) is 11.8. The Labute approximate surface area is 306 Å². The maximum Gasteiger partial charge on any atom is 0.0979 e. The number of benzene rings is 9. The fraction of sp³-hybridized carbons (Fsp3) is 0. The number of para-hydroxylation sites is 2. The molecule has 0 saturated heterocycles. The van der Waals surface area contributed by atoms with E-state index in [-0.39, 0.29) is 0 Å². The Hall–Kier alpha value is -7.10. The molecule has 11 rings (SSSR count). The van der Waals surface area contributed by atoms with E-state index in [0.717, 1.165) is 50.0 Å². The summed E-state index contributed by atoms with van der Waals surface area (Å²) in [6.45, 7) is 0. The first kappa shape index (κ1) is 29.6. The lowest BCUT2D eigenvalue weighted by molar-refractivity contribution is 1.19. The first-order valence-electron chi connectivity index (χ1n) is 18.1. The molecule has 3 nitrogen and oxygen atoms in total. The van der Waals surface area contributed by atoms with Crippen LogP contribution >= 0.6 is 0 Å². The van der Waals surface area contributed by atoms with Gasteiger partial charge in [-0.15, -0.1) is 0 Å². The van der Waals surface area contributed by atoms with E-state index in [9.17, 15) is 0 Å². The van der Waals surface area contributed by atoms with Gasteiger partial charge in [0.2, 0.25) is 0 Å². The molecule has 9 aromatic carbocycles. The van der Waals surface area contributed by atoms with Gasteiger partial charge < -0.3 is 4.57 Å². The van der Waals surface area contributed by atoms with Crippen molar-refractivity contribution in [1.29, 1.82) is 0 Å². The quantitative estimate of drug-likeness (QED) is 0.186. The van der Waals surface area contributed by atoms with Gasteiger partial charge in [-0.05, 0) is 79.8 Å². The zero-order valence-corrected chi connectivity index (χ0v) is 28.7. The van der Waals surface area contributed by atoms with Crippen molar-refractivity contribution in [1.82, 2.24) is 14.5 Å². The summed E-state index contributed by atoms with van der Waals surface area (Å²) >= 11 is 0. The Morgan fingerprint density at radius 2 is 0.962 bits per heavy atom. The molecular weight excluding hydrogens is 643 g/mol. The van der Waals surface area contributed by atoms with Crippen molar-refractivity contribution < 1.29 is 0 Å². The smallest absolute Gasteiger partial charge is 0.0979 e. The topological polar surface area (TPSA) is 30.7 Å². The van der Waals surface area contributed by atoms with Crippen LogP contribution in [0.1, 0.15) is 0 Å². The molecular formula is C50H31N3. The predicted octanol–water partition coefficient (Wildman–Crippen LogP) is 13.2. The number of aromatic nitrogens is 3. The molecule has 0 radical (unpaired) electrons. The lowest BCUT2D eigenvalue weighted by Crippen LogP contribution is -1.97. The molecule has 0 spiro atoms. The average molecular weight is 674 g/mol. The Morgan fingerprint density at radius 3 is 1.75 bits per heavy atom. The second-order valence-electron chi connectivity index (χ2n) is 13.7. The van der Waals surface area contributed by atoms with Crippen LogP contribution in [0.2, 0.25) is 0 Å². The van der Waals surface area contributed by atoms with Crippen LogP contribution in [0.3, 0.4) is 0 Å². The van der Waals surface area contributed by atoms with Gasteiger partial charge in [0, 0.05) is 27.6 Å². The van der Waals surface area contributed by atoms with Crippen molar-refractivity contribution in [2.45, 2.75) is 0 Å². The SMILES string of the molecule is c1ccc(-c2nc3ccccc3nc2-c2cccc3cc(-n4c5ccc6ccccc6c5c5c6ccccc6c(-c6ccccc6)cc54)ccc23)cc1. The van der Waals surface area contributed by atoms with Crippen LogP contribution in [0.25, 0.3) is 104 Å². The van der Waals surface area contributed by atoms with Gasteiger partial charge in [-0.1, -0.05) is 152 Å². The highest BCUT2D eigenvalue weighted by atomic mass is 15.0. The van der Waals surface area contributed by atoms with E-state index in [2.05, 4.69) is 162 Å². The number of rotatable bonds is 4. The van der Waals surface area contributed by atoms with Crippen LogP contribution in [-0.4, -0.2) is 14.5 Å². The summed E-state index contributed by atoms with van der Waals surface area (Å²) < 4.78 is 2.47. The minimum atomic E-state index is 0.884. The zero-order valence-electron chi connectivity index (χ0n) is 28.7. The fourth-order valence-corrected chi connectivity index (χ4v) is 8.38. The van der Waals surface area contributed by atoms with Gasteiger partial charge in [-0.2, -0.15) is 0 Å². The summed E-state index contributed by atoms with van der Waals surface area (Å²) in [5.41, 5.74) is 11.6. The molecule has 0 bridgehead atoms. The maximum atomic E-state index is 5.25. The average Bonchev–Trinajstić information content (AvgIpc) is 3.58. The van der Waals surface area contributed by atoms with Gasteiger partial charge in [-0.3, -0.25) is 0 Å². The van der Waals surface area contributed by atoms with Crippen molar-refractivity contribution in [3.8, 4) is 39.3 Å². The molecule has 0 aliphatic carbocycles. The minimum absolute atomic E-state index is 0.884. The number of hydrogen-bond donors (Lipinski definition) is 0. The first-order chi connectivity index (χ1) is 26.3. The minimum Gasteiger partial charge on any atom is -0.309 e. The molecule has 11 aromatic rings. The van der Waals surface area contributed by atoms with Crippen LogP contribution in [0.15, 0.2) is 188 Å². The Balaban J connectivity index is 1.21. The van der Waals surface area contributed by atoms with Crippen molar-refractivity contribution in [3.05, 3.63) is 188 Å². The standard InChI is InChI=1S/C50H31N3/c1-3-14-32(15-4-1)42-31-46-48(40-22-10-9-21-39(40)42)47-38-20-8-7-16-33(38)26-29-45(47)53(46)36-27-28-37-35(30-36)19-13-23-41(37)50-49(34-17-5-2-6-18-34)51-43-24-11-12-25-44(43)52-50/h1-31H. The van der Waals surface area contributed by atoms with Crippen molar-refractivity contribution >= 4 is 65.2 Å². The number of hydrogen-bond acceptors (Lipinski definition) is 2. The highest BCUT2D eigenvalue weighted by molar-refractivity contribution is 6.30. The zero-order chi connectivity index (χ0) is 34.9. The van der Waals surface area contributed by atoms with E-state index < -0.39 is 0 Å². The van der Waals surface area contributed by atoms with Gasteiger partial charge >= 0.3 is 0 Å². The first-order valence-corrected chi connectivity index (χ1v) is 18.1. The summed E-state index contributed by atoms with van der Waals surface area (Å²) in [5.74, 6) is 0. The molecule has 246 valence electrons. The fourth-order valence-electron chi connectivity index (χ4n) is 8.38. The van der Waals surface area contributed by atoms with Crippen molar-refractivity contribution in [2.24, 2.45) is 0 Å². The van der Waals surface area contributed by atoms with E-state index in [4.69, 9.17) is 9.97 Å². The molecule has 0 atom stereocenters. The summed E-state index contributed by atoms with van der Waals surface area (Å²) in [4.78, 5) is 10.4. The third kappa shape index (κ3) is 4.61. The van der Waals surface area contributed by atoms with Crippen LogP contribution in [0.5, 0.6) is 0 Å². The Morgan fingerprint density at radius 1 is 0.340 bits per heavy atom. The van der Waals surface area contributed by atoms with E-state index in [1.807, 2.05) is 30.3 Å². The molecule has 0 amide bonds. The molecule has 0 unspecified atom stereocenters. The van der Waals surface area contributed by atoms with Crippen LogP contribution in [0, 0.1) is 0 Å². The Kier molecular flexibility index (Phi) is 6.55. The third-order valence-corrected chi connectivity index (χ3v) is 10.7. The van der Waals surface area contributed by atoms with E-state index >= 15 is 0 Å². The van der Waals surface area contributed by atoms with E-state index in [1.165, 1.54) is 54.5 Å². The third-order valence-electron chi connectivity index (χ3n) is 10.7. The summed E-state index contributed by atoms with van der Waals surface area (Å²) in [7, 11) is 0. The van der Waals surface area contributed by atoms with Gasteiger partial charge in [0.15, 0.2) is 0 Å². The molecule has 0 saturated carbocycles. The van der Waals surface area contributed by atoms with Gasteiger partial charge in [-0.25, -0.2) is 9.97 Å². The van der Waals surface area contributed by atoms with E-state index in [1.54, 1.807) is 0 Å². The molecule has 0 fully saturated rings.